The molecule has 0 saturated heterocycles. The van der Waals surface area contributed by atoms with Crippen LogP contribution in [0, 0.1) is 11.8 Å². The molecule has 86 valence electrons. The Labute approximate surface area is 91.1 Å². The van der Waals surface area contributed by atoms with E-state index in [-0.39, 0.29) is 18.5 Å². The highest BCUT2D eigenvalue weighted by molar-refractivity contribution is 5.66. The first kappa shape index (κ1) is 12.2. The summed E-state index contributed by atoms with van der Waals surface area (Å²) in [6, 6.07) is 0. The Hall–Kier alpha value is -0.830. The molecule has 3 heteroatoms. The van der Waals surface area contributed by atoms with Gasteiger partial charge < -0.3 is 9.84 Å². The van der Waals surface area contributed by atoms with Gasteiger partial charge in [0.05, 0.1) is 0 Å². The molecule has 0 bridgehead atoms. The molecule has 0 radical (unpaired) electrons. The van der Waals surface area contributed by atoms with Gasteiger partial charge in [-0.3, -0.25) is 4.79 Å². The van der Waals surface area contributed by atoms with Crippen LogP contribution in [0.1, 0.15) is 33.6 Å². The molecule has 0 aromatic carbocycles. The quantitative estimate of drug-likeness (QED) is 0.572. The van der Waals surface area contributed by atoms with Crippen LogP contribution in [-0.4, -0.2) is 24.3 Å². The smallest absolute Gasteiger partial charge is 0.302 e. The van der Waals surface area contributed by atoms with E-state index < -0.39 is 0 Å². The van der Waals surface area contributed by atoms with E-state index in [4.69, 9.17) is 9.84 Å². The summed E-state index contributed by atoms with van der Waals surface area (Å²) in [5, 5.41) is 9.15. The molecular weight excluding hydrogens is 192 g/mol. The predicted octanol–water partition coefficient (Wildman–Crippen LogP) is 1.90. The number of aliphatic hydroxyl groups excluding tert-OH is 1. The van der Waals surface area contributed by atoms with Crippen molar-refractivity contribution >= 4 is 5.97 Å². The zero-order chi connectivity index (χ0) is 11.4. The van der Waals surface area contributed by atoms with Crippen molar-refractivity contribution < 1.29 is 14.6 Å². The standard InChI is InChI=1S/C12H20O3/c1-8-4-5-11(9(2)6-13)12(8)7-15-10(3)14/h9,11,13H,4-7H2,1-3H3. The van der Waals surface area contributed by atoms with Gasteiger partial charge in [0.15, 0.2) is 0 Å². The van der Waals surface area contributed by atoms with Crippen LogP contribution in [0.25, 0.3) is 0 Å². The van der Waals surface area contributed by atoms with Crippen molar-refractivity contribution in [2.75, 3.05) is 13.2 Å². The summed E-state index contributed by atoms with van der Waals surface area (Å²) in [4.78, 5) is 10.8. The second-order valence-electron chi connectivity index (χ2n) is 4.39. The molecule has 1 aliphatic carbocycles. The first-order valence-corrected chi connectivity index (χ1v) is 5.49. The maximum absolute atomic E-state index is 10.8. The summed E-state index contributed by atoms with van der Waals surface area (Å²) in [6.07, 6.45) is 2.13. The van der Waals surface area contributed by atoms with Gasteiger partial charge in [0, 0.05) is 13.5 Å². The van der Waals surface area contributed by atoms with Crippen molar-refractivity contribution in [2.24, 2.45) is 11.8 Å². The van der Waals surface area contributed by atoms with E-state index in [1.54, 1.807) is 0 Å². The Morgan fingerprint density at radius 3 is 2.87 bits per heavy atom. The lowest BCUT2D eigenvalue weighted by molar-refractivity contribution is -0.140. The van der Waals surface area contributed by atoms with Crippen LogP contribution in [0.3, 0.4) is 0 Å². The van der Waals surface area contributed by atoms with Crippen LogP contribution >= 0.6 is 0 Å². The number of carbonyl (C=O) groups excluding carboxylic acids is 1. The second kappa shape index (κ2) is 5.31. The van der Waals surface area contributed by atoms with Gasteiger partial charge in [-0.05, 0) is 37.2 Å². The van der Waals surface area contributed by atoms with Crippen molar-refractivity contribution in [3.05, 3.63) is 11.1 Å². The van der Waals surface area contributed by atoms with Crippen LogP contribution in [0.4, 0.5) is 0 Å². The molecule has 0 saturated carbocycles. The highest BCUT2D eigenvalue weighted by atomic mass is 16.5. The number of esters is 1. The summed E-state index contributed by atoms with van der Waals surface area (Å²) >= 11 is 0. The monoisotopic (exact) mass is 212 g/mol. The lowest BCUT2D eigenvalue weighted by Crippen LogP contribution is -2.18. The maximum Gasteiger partial charge on any atom is 0.302 e. The molecule has 2 unspecified atom stereocenters. The van der Waals surface area contributed by atoms with Gasteiger partial charge >= 0.3 is 5.97 Å². The molecule has 0 aromatic heterocycles. The van der Waals surface area contributed by atoms with E-state index in [1.807, 2.05) is 6.92 Å². The molecule has 3 nitrogen and oxygen atoms in total. The highest BCUT2D eigenvalue weighted by Gasteiger charge is 2.28. The minimum atomic E-state index is -0.238. The Morgan fingerprint density at radius 2 is 2.33 bits per heavy atom. The van der Waals surface area contributed by atoms with Crippen molar-refractivity contribution in [1.29, 1.82) is 0 Å². The normalized spacial score (nSPS) is 23.1. The summed E-state index contributed by atoms with van der Waals surface area (Å²) in [5.41, 5.74) is 2.54. The summed E-state index contributed by atoms with van der Waals surface area (Å²) < 4.78 is 5.04. The first-order chi connectivity index (χ1) is 7.06. The number of rotatable bonds is 4. The average molecular weight is 212 g/mol. The van der Waals surface area contributed by atoms with Gasteiger partial charge in [0.2, 0.25) is 0 Å². The Balaban J connectivity index is 2.64. The number of ether oxygens (including phenoxy) is 1. The van der Waals surface area contributed by atoms with E-state index in [0.717, 1.165) is 12.8 Å². The minimum Gasteiger partial charge on any atom is -0.461 e. The van der Waals surface area contributed by atoms with E-state index >= 15 is 0 Å². The molecule has 0 aliphatic heterocycles. The largest absolute Gasteiger partial charge is 0.461 e. The number of carbonyl (C=O) groups is 1. The zero-order valence-corrected chi connectivity index (χ0v) is 9.75. The Kier molecular flexibility index (Phi) is 4.33. The molecule has 1 aliphatic rings. The Morgan fingerprint density at radius 1 is 1.67 bits per heavy atom. The van der Waals surface area contributed by atoms with E-state index in [0.29, 0.717) is 12.5 Å². The third-order valence-corrected chi connectivity index (χ3v) is 3.23. The predicted molar refractivity (Wildman–Crippen MR) is 58.3 cm³/mol. The van der Waals surface area contributed by atoms with E-state index in [9.17, 15) is 4.79 Å². The summed E-state index contributed by atoms with van der Waals surface area (Å²) in [7, 11) is 0. The van der Waals surface area contributed by atoms with E-state index in [1.165, 1.54) is 18.1 Å². The van der Waals surface area contributed by atoms with Gasteiger partial charge in [0.1, 0.15) is 6.61 Å². The molecule has 0 fully saturated rings. The second-order valence-corrected chi connectivity index (χ2v) is 4.39. The third-order valence-electron chi connectivity index (χ3n) is 3.23. The Bertz CT molecular complexity index is 268. The van der Waals surface area contributed by atoms with Crippen molar-refractivity contribution in [3.8, 4) is 0 Å². The first-order valence-electron chi connectivity index (χ1n) is 5.49. The highest BCUT2D eigenvalue weighted by Crippen LogP contribution is 2.36. The number of allylic oxidation sites excluding steroid dienone is 1. The number of hydrogen-bond acceptors (Lipinski definition) is 3. The molecule has 1 rings (SSSR count). The van der Waals surface area contributed by atoms with Gasteiger partial charge in [-0.25, -0.2) is 0 Å². The number of aliphatic hydroxyl groups is 1. The van der Waals surface area contributed by atoms with Crippen molar-refractivity contribution in [1.82, 2.24) is 0 Å². The minimum absolute atomic E-state index is 0.196. The summed E-state index contributed by atoms with van der Waals surface area (Å²) in [6.45, 7) is 6.15. The molecule has 0 heterocycles. The molecule has 2 atom stereocenters. The van der Waals surface area contributed by atoms with Gasteiger partial charge in [-0.15, -0.1) is 0 Å². The lowest BCUT2D eigenvalue weighted by Gasteiger charge is -2.20. The molecule has 15 heavy (non-hydrogen) atoms. The zero-order valence-electron chi connectivity index (χ0n) is 9.75. The molecular formula is C12H20O3. The maximum atomic E-state index is 10.8. The van der Waals surface area contributed by atoms with Crippen LogP contribution in [-0.2, 0) is 9.53 Å². The van der Waals surface area contributed by atoms with Crippen molar-refractivity contribution in [3.63, 3.8) is 0 Å². The van der Waals surface area contributed by atoms with Gasteiger partial charge in [-0.2, -0.15) is 0 Å². The molecule has 1 N–H and O–H groups in total. The van der Waals surface area contributed by atoms with Crippen LogP contribution in [0.15, 0.2) is 11.1 Å². The van der Waals surface area contributed by atoms with Gasteiger partial charge in [-0.1, -0.05) is 12.5 Å². The number of hydrogen-bond donors (Lipinski definition) is 1. The summed E-state index contributed by atoms with van der Waals surface area (Å²) in [5.74, 6) is 0.403. The lowest BCUT2D eigenvalue weighted by atomic mass is 9.89. The molecule has 0 amide bonds. The fourth-order valence-electron chi connectivity index (χ4n) is 2.19. The third kappa shape index (κ3) is 3.06. The van der Waals surface area contributed by atoms with Crippen LogP contribution in [0.5, 0.6) is 0 Å². The van der Waals surface area contributed by atoms with E-state index in [2.05, 4.69) is 6.92 Å². The van der Waals surface area contributed by atoms with Gasteiger partial charge in [0.25, 0.3) is 0 Å². The van der Waals surface area contributed by atoms with Crippen LogP contribution < -0.4 is 0 Å². The van der Waals surface area contributed by atoms with Crippen molar-refractivity contribution in [2.45, 2.75) is 33.6 Å². The average Bonchev–Trinajstić information content (AvgIpc) is 2.55. The topological polar surface area (TPSA) is 46.5 Å². The SMILES string of the molecule is CC(=O)OCC1=C(C)CCC1C(C)CO. The molecule has 0 aromatic rings. The molecule has 0 spiro atoms. The van der Waals surface area contributed by atoms with Crippen LogP contribution in [0.2, 0.25) is 0 Å². The fourth-order valence-corrected chi connectivity index (χ4v) is 2.19. The fraction of sp³-hybridized carbons (Fsp3) is 0.750.